The van der Waals surface area contributed by atoms with Gasteiger partial charge in [-0.05, 0) is 13.8 Å². The Balaban J connectivity index is 1.94. The van der Waals surface area contributed by atoms with E-state index in [1.807, 2.05) is 34.8 Å². The molecule has 0 aromatic carbocycles. The van der Waals surface area contributed by atoms with Crippen molar-refractivity contribution in [3.05, 3.63) is 37.2 Å². The van der Waals surface area contributed by atoms with Crippen LogP contribution in [-0.4, -0.2) is 35.8 Å². The fourth-order valence-electron chi connectivity index (χ4n) is 2.07. The van der Waals surface area contributed by atoms with Crippen molar-refractivity contribution in [1.82, 2.24) is 29.3 Å². The quantitative estimate of drug-likeness (QED) is 0.775. The number of anilines is 1. The SMILES string of the molecule is CCNc1ncc(-c2nccn2-c2cnn(CC)c2)cn1. The van der Waals surface area contributed by atoms with E-state index in [2.05, 4.69) is 32.3 Å². The van der Waals surface area contributed by atoms with Gasteiger partial charge >= 0.3 is 0 Å². The summed E-state index contributed by atoms with van der Waals surface area (Å²) in [5.74, 6) is 1.42. The molecule has 0 spiro atoms. The molecule has 0 aliphatic rings. The normalized spacial score (nSPS) is 10.8. The van der Waals surface area contributed by atoms with Crippen LogP contribution < -0.4 is 5.32 Å². The standard InChI is InChI=1S/C14H17N7/c1-3-15-14-17-7-11(8-18-14)13-16-5-6-21(13)12-9-19-20(4-2)10-12/h5-10H,3-4H2,1-2H3,(H,15,17,18). The van der Waals surface area contributed by atoms with Crippen LogP contribution in [0.2, 0.25) is 0 Å². The van der Waals surface area contributed by atoms with Gasteiger partial charge in [-0.25, -0.2) is 15.0 Å². The second-order valence-corrected chi connectivity index (χ2v) is 4.50. The number of nitrogens with one attached hydrogen (secondary N) is 1. The number of aromatic nitrogens is 6. The molecule has 1 N–H and O–H groups in total. The Bertz CT molecular complexity index is 711. The molecule has 7 nitrogen and oxygen atoms in total. The highest BCUT2D eigenvalue weighted by atomic mass is 15.3. The molecule has 0 unspecified atom stereocenters. The third-order valence-electron chi connectivity index (χ3n) is 3.11. The third-order valence-corrected chi connectivity index (χ3v) is 3.11. The Kier molecular flexibility index (Phi) is 3.63. The number of nitrogens with zero attached hydrogens (tertiary/aromatic N) is 6. The van der Waals surface area contributed by atoms with Gasteiger partial charge < -0.3 is 5.32 Å². The molecule has 7 heteroatoms. The Morgan fingerprint density at radius 1 is 1.10 bits per heavy atom. The van der Waals surface area contributed by atoms with Crippen LogP contribution in [0.25, 0.3) is 17.1 Å². The van der Waals surface area contributed by atoms with E-state index >= 15 is 0 Å². The van der Waals surface area contributed by atoms with E-state index in [4.69, 9.17) is 0 Å². The van der Waals surface area contributed by atoms with E-state index in [0.717, 1.165) is 30.2 Å². The van der Waals surface area contributed by atoms with Crippen molar-refractivity contribution in [3.63, 3.8) is 0 Å². The first kappa shape index (κ1) is 13.3. The molecule has 3 aromatic rings. The summed E-state index contributed by atoms with van der Waals surface area (Å²) in [6, 6.07) is 0. The number of imidazole rings is 1. The maximum Gasteiger partial charge on any atom is 0.222 e. The zero-order valence-corrected chi connectivity index (χ0v) is 12.1. The first-order chi connectivity index (χ1) is 10.3. The Morgan fingerprint density at radius 2 is 1.90 bits per heavy atom. The Labute approximate surface area is 122 Å². The van der Waals surface area contributed by atoms with E-state index in [0.29, 0.717) is 5.95 Å². The van der Waals surface area contributed by atoms with Crippen LogP contribution in [0.1, 0.15) is 13.8 Å². The van der Waals surface area contributed by atoms with Gasteiger partial charge in [0.25, 0.3) is 0 Å². The molecule has 0 saturated heterocycles. The summed E-state index contributed by atoms with van der Waals surface area (Å²) in [5, 5.41) is 7.37. The van der Waals surface area contributed by atoms with E-state index < -0.39 is 0 Å². The first-order valence-corrected chi connectivity index (χ1v) is 6.94. The van der Waals surface area contributed by atoms with E-state index in [1.165, 1.54) is 0 Å². The summed E-state index contributed by atoms with van der Waals surface area (Å²) < 4.78 is 3.86. The van der Waals surface area contributed by atoms with Crippen molar-refractivity contribution in [2.75, 3.05) is 11.9 Å². The van der Waals surface area contributed by atoms with Crippen molar-refractivity contribution < 1.29 is 0 Å². The van der Waals surface area contributed by atoms with Crippen LogP contribution in [0, 0.1) is 0 Å². The minimum absolute atomic E-state index is 0.623. The largest absolute Gasteiger partial charge is 0.355 e. The fourth-order valence-corrected chi connectivity index (χ4v) is 2.07. The lowest BCUT2D eigenvalue weighted by atomic mass is 10.3. The fraction of sp³-hybridized carbons (Fsp3) is 0.286. The maximum atomic E-state index is 4.40. The zero-order chi connectivity index (χ0) is 14.7. The lowest BCUT2D eigenvalue weighted by Crippen LogP contribution is -2.02. The number of aryl methyl sites for hydroxylation is 1. The minimum atomic E-state index is 0.623. The van der Waals surface area contributed by atoms with Crippen molar-refractivity contribution >= 4 is 5.95 Å². The molecule has 0 atom stereocenters. The number of hydrogen-bond donors (Lipinski definition) is 1. The van der Waals surface area contributed by atoms with Gasteiger partial charge in [0, 0.05) is 44.1 Å². The molecule has 0 aliphatic heterocycles. The Hall–Kier alpha value is -2.70. The monoisotopic (exact) mass is 283 g/mol. The third kappa shape index (κ3) is 2.62. The predicted molar refractivity (Wildman–Crippen MR) is 80.2 cm³/mol. The molecule has 0 radical (unpaired) electrons. The van der Waals surface area contributed by atoms with Gasteiger partial charge in [-0.15, -0.1) is 0 Å². The second-order valence-electron chi connectivity index (χ2n) is 4.50. The van der Waals surface area contributed by atoms with Crippen LogP contribution in [-0.2, 0) is 6.54 Å². The summed E-state index contributed by atoms with van der Waals surface area (Å²) >= 11 is 0. The predicted octanol–water partition coefficient (Wildman–Crippen LogP) is 1.98. The van der Waals surface area contributed by atoms with Crippen molar-refractivity contribution in [1.29, 1.82) is 0 Å². The van der Waals surface area contributed by atoms with E-state index in [1.54, 1.807) is 18.6 Å². The molecule has 21 heavy (non-hydrogen) atoms. The van der Waals surface area contributed by atoms with Crippen molar-refractivity contribution in [3.8, 4) is 17.1 Å². The Morgan fingerprint density at radius 3 is 2.57 bits per heavy atom. The smallest absolute Gasteiger partial charge is 0.222 e. The molecule has 3 heterocycles. The second kappa shape index (κ2) is 5.74. The molecule has 108 valence electrons. The van der Waals surface area contributed by atoms with E-state index in [9.17, 15) is 0 Å². The molecular weight excluding hydrogens is 266 g/mol. The van der Waals surface area contributed by atoms with Gasteiger partial charge in [-0.1, -0.05) is 0 Å². The van der Waals surface area contributed by atoms with Crippen LogP contribution in [0.5, 0.6) is 0 Å². The van der Waals surface area contributed by atoms with Gasteiger partial charge in [0.05, 0.1) is 17.4 Å². The first-order valence-electron chi connectivity index (χ1n) is 6.94. The maximum absolute atomic E-state index is 4.40. The molecule has 0 fully saturated rings. The molecule has 0 amide bonds. The number of rotatable bonds is 5. The van der Waals surface area contributed by atoms with Crippen LogP contribution in [0.15, 0.2) is 37.2 Å². The van der Waals surface area contributed by atoms with Gasteiger partial charge in [0.1, 0.15) is 5.82 Å². The van der Waals surface area contributed by atoms with Crippen LogP contribution in [0.4, 0.5) is 5.95 Å². The molecule has 3 aromatic heterocycles. The molecule has 3 rings (SSSR count). The molecule has 0 saturated carbocycles. The summed E-state index contributed by atoms with van der Waals surface area (Å²) in [6.45, 7) is 5.70. The van der Waals surface area contributed by atoms with Gasteiger partial charge in [-0.2, -0.15) is 5.10 Å². The van der Waals surface area contributed by atoms with Gasteiger partial charge in [0.15, 0.2) is 0 Å². The lowest BCUT2D eigenvalue weighted by molar-refractivity contribution is 0.659. The van der Waals surface area contributed by atoms with Crippen LogP contribution >= 0.6 is 0 Å². The molecule has 0 aliphatic carbocycles. The average molecular weight is 283 g/mol. The highest BCUT2D eigenvalue weighted by Gasteiger charge is 2.10. The van der Waals surface area contributed by atoms with Crippen LogP contribution in [0.3, 0.4) is 0 Å². The molecule has 0 bridgehead atoms. The zero-order valence-electron chi connectivity index (χ0n) is 12.1. The van der Waals surface area contributed by atoms with Gasteiger partial charge in [-0.3, -0.25) is 9.25 Å². The summed E-state index contributed by atoms with van der Waals surface area (Å²) in [6.07, 6.45) is 11.0. The summed E-state index contributed by atoms with van der Waals surface area (Å²) in [7, 11) is 0. The average Bonchev–Trinajstić information content (AvgIpc) is 3.17. The summed E-state index contributed by atoms with van der Waals surface area (Å²) in [4.78, 5) is 13.0. The topological polar surface area (TPSA) is 73.5 Å². The highest BCUT2D eigenvalue weighted by molar-refractivity contribution is 5.56. The van der Waals surface area contributed by atoms with Crippen molar-refractivity contribution in [2.45, 2.75) is 20.4 Å². The highest BCUT2D eigenvalue weighted by Crippen LogP contribution is 2.20. The summed E-state index contributed by atoms with van der Waals surface area (Å²) in [5.41, 5.74) is 1.84. The minimum Gasteiger partial charge on any atom is -0.355 e. The van der Waals surface area contributed by atoms with Gasteiger partial charge in [0.2, 0.25) is 5.95 Å². The van der Waals surface area contributed by atoms with Crippen molar-refractivity contribution in [2.24, 2.45) is 0 Å². The lowest BCUT2D eigenvalue weighted by Gasteiger charge is -2.06. The molecular formula is C14H17N7. The number of hydrogen-bond acceptors (Lipinski definition) is 5. The van der Waals surface area contributed by atoms with E-state index in [-0.39, 0.29) is 0 Å².